The molecule has 1 amide bonds. The number of rotatable bonds is 8. The van der Waals surface area contributed by atoms with Crippen LogP contribution in [0.25, 0.3) is 22.2 Å². The number of carboxylic acid groups (broad SMARTS) is 1. The minimum Gasteiger partial charge on any atom is -0.495 e. The number of methoxy groups -OCH3 is 1. The Morgan fingerprint density at radius 3 is 2.51 bits per heavy atom. The molecule has 2 aromatic heterocycles. The second-order valence-corrected chi connectivity index (χ2v) is 7.75. The van der Waals surface area contributed by atoms with E-state index in [2.05, 4.69) is 10.3 Å². The van der Waals surface area contributed by atoms with E-state index in [1.807, 2.05) is 42.5 Å². The fourth-order valence-corrected chi connectivity index (χ4v) is 3.70. The van der Waals surface area contributed by atoms with Crippen LogP contribution < -0.4 is 20.5 Å². The van der Waals surface area contributed by atoms with E-state index >= 15 is 0 Å². The number of carboxylic acids is 1. The number of aromatic nitrogens is 2. The van der Waals surface area contributed by atoms with Crippen LogP contribution in [-0.2, 0) is 11.4 Å². The molecule has 35 heavy (non-hydrogen) atoms. The van der Waals surface area contributed by atoms with Gasteiger partial charge >= 0.3 is 5.97 Å². The first-order valence-corrected chi connectivity index (χ1v) is 10.8. The summed E-state index contributed by atoms with van der Waals surface area (Å²) in [5.41, 5.74) is 2.28. The number of nitrogens with one attached hydrogen (secondary N) is 1. The number of aliphatic carboxylic acids is 1. The lowest BCUT2D eigenvalue weighted by Crippen LogP contribution is -2.38. The molecule has 0 aliphatic rings. The Morgan fingerprint density at radius 2 is 1.86 bits per heavy atom. The molecule has 178 valence electrons. The molecule has 0 aliphatic heterocycles. The second kappa shape index (κ2) is 10.1. The van der Waals surface area contributed by atoms with Crippen LogP contribution in [0.2, 0.25) is 0 Å². The van der Waals surface area contributed by atoms with Crippen LogP contribution in [-0.4, -0.2) is 40.4 Å². The highest BCUT2D eigenvalue weighted by Gasteiger charge is 2.22. The smallest absolute Gasteiger partial charge is 0.322 e. The standard InChI is InChI=1S/C26H23N3O6/c1-16-20-12-18(21-10-9-19(34-2)13-27-21)8-11-22(20)29(35-15-17-6-4-3-5-7-17)26(33)24(16)25(32)28-14-23(30)31/h3-13H,14-15H2,1-2H3,(H,28,32)(H,30,31). The number of fused-ring (bicyclic) bond motifs is 1. The van der Waals surface area contributed by atoms with E-state index in [9.17, 15) is 14.4 Å². The maximum absolute atomic E-state index is 13.3. The predicted molar refractivity (Wildman–Crippen MR) is 129 cm³/mol. The first-order chi connectivity index (χ1) is 16.9. The molecule has 0 atom stereocenters. The normalized spacial score (nSPS) is 10.7. The molecule has 0 unspecified atom stereocenters. The number of pyridine rings is 2. The molecule has 0 saturated carbocycles. The zero-order valence-corrected chi connectivity index (χ0v) is 19.1. The van der Waals surface area contributed by atoms with Crippen LogP contribution in [0.15, 0.2) is 71.7 Å². The van der Waals surface area contributed by atoms with Crippen LogP contribution in [0.3, 0.4) is 0 Å². The molecule has 9 heteroatoms. The van der Waals surface area contributed by atoms with Crippen LogP contribution in [0.1, 0.15) is 21.5 Å². The number of hydrogen-bond acceptors (Lipinski definition) is 6. The zero-order valence-electron chi connectivity index (χ0n) is 19.1. The Labute approximate surface area is 200 Å². The minimum absolute atomic E-state index is 0.0941. The van der Waals surface area contributed by atoms with E-state index in [1.165, 1.54) is 0 Å². The summed E-state index contributed by atoms with van der Waals surface area (Å²) >= 11 is 0. The van der Waals surface area contributed by atoms with Gasteiger partial charge in [0.15, 0.2) is 0 Å². The third-order valence-corrected chi connectivity index (χ3v) is 5.49. The van der Waals surface area contributed by atoms with Gasteiger partial charge in [-0.2, -0.15) is 0 Å². The van der Waals surface area contributed by atoms with Gasteiger partial charge in [-0.05, 0) is 42.3 Å². The molecule has 0 fully saturated rings. The van der Waals surface area contributed by atoms with Gasteiger partial charge in [0.05, 0.1) is 24.5 Å². The van der Waals surface area contributed by atoms with Crippen LogP contribution >= 0.6 is 0 Å². The summed E-state index contributed by atoms with van der Waals surface area (Å²) in [7, 11) is 1.56. The highest BCUT2D eigenvalue weighted by atomic mass is 16.7. The fourth-order valence-electron chi connectivity index (χ4n) is 3.70. The van der Waals surface area contributed by atoms with Gasteiger partial charge in [0, 0.05) is 10.9 Å². The van der Waals surface area contributed by atoms with Crippen LogP contribution in [0.5, 0.6) is 5.75 Å². The number of benzene rings is 2. The molecule has 0 saturated heterocycles. The molecule has 0 spiro atoms. The molecule has 2 N–H and O–H groups in total. The number of amides is 1. The van der Waals surface area contributed by atoms with E-state index in [-0.39, 0.29) is 12.2 Å². The third kappa shape index (κ3) is 4.98. The molecule has 9 nitrogen and oxygen atoms in total. The Balaban J connectivity index is 1.85. The van der Waals surface area contributed by atoms with Crippen molar-refractivity contribution in [3.63, 3.8) is 0 Å². The fraction of sp³-hybridized carbons (Fsp3) is 0.154. The molecule has 2 heterocycles. The molecule has 0 bridgehead atoms. The molecule has 4 aromatic rings. The van der Waals surface area contributed by atoms with Gasteiger partial charge in [-0.3, -0.25) is 19.4 Å². The van der Waals surface area contributed by atoms with Gasteiger partial charge in [0.25, 0.3) is 11.5 Å². The van der Waals surface area contributed by atoms with Gasteiger partial charge in [0.2, 0.25) is 0 Å². The zero-order chi connectivity index (χ0) is 24.9. The van der Waals surface area contributed by atoms with E-state index < -0.39 is 24.0 Å². The summed E-state index contributed by atoms with van der Waals surface area (Å²) in [6.45, 7) is 1.12. The van der Waals surface area contributed by atoms with Crippen molar-refractivity contribution in [2.45, 2.75) is 13.5 Å². The average Bonchev–Trinajstić information content (AvgIpc) is 2.88. The van der Waals surface area contributed by atoms with Crippen molar-refractivity contribution in [2.75, 3.05) is 13.7 Å². The monoisotopic (exact) mass is 473 g/mol. The van der Waals surface area contributed by atoms with E-state index in [0.717, 1.165) is 15.9 Å². The van der Waals surface area contributed by atoms with Crippen molar-refractivity contribution in [2.24, 2.45) is 0 Å². The Bertz CT molecular complexity index is 1450. The first-order valence-electron chi connectivity index (χ1n) is 10.8. The second-order valence-electron chi connectivity index (χ2n) is 7.75. The Morgan fingerprint density at radius 1 is 1.09 bits per heavy atom. The first kappa shape index (κ1) is 23.5. The van der Waals surface area contributed by atoms with E-state index in [0.29, 0.717) is 27.9 Å². The Kier molecular flexibility index (Phi) is 6.77. The highest BCUT2D eigenvalue weighted by Crippen LogP contribution is 2.27. The minimum atomic E-state index is -1.22. The van der Waals surface area contributed by atoms with Crippen molar-refractivity contribution >= 4 is 22.8 Å². The van der Waals surface area contributed by atoms with E-state index in [1.54, 1.807) is 38.4 Å². The van der Waals surface area contributed by atoms with Crippen molar-refractivity contribution < 1.29 is 24.3 Å². The van der Waals surface area contributed by atoms with Gasteiger partial charge < -0.3 is 20.0 Å². The van der Waals surface area contributed by atoms with Crippen molar-refractivity contribution in [1.82, 2.24) is 15.0 Å². The summed E-state index contributed by atoms with van der Waals surface area (Å²) in [5.74, 6) is -1.39. The quantitative estimate of drug-likeness (QED) is 0.404. The van der Waals surface area contributed by atoms with Gasteiger partial charge in [0.1, 0.15) is 24.5 Å². The molecule has 4 rings (SSSR count). The topological polar surface area (TPSA) is 120 Å². The number of hydrogen-bond donors (Lipinski definition) is 2. The lowest BCUT2D eigenvalue weighted by Gasteiger charge is -2.17. The number of carbonyl (C=O) groups excluding carboxylic acids is 1. The number of aryl methyl sites for hydroxylation is 1. The lowest BCUT2D eigenvalue weighted by molar-refractivity contribution is -0.135. The molecule has 2 aromatic carbocycles. The van der Waals surface area contributed by atoms with Gasteiger partial charge in [-0.25, -0.2) is 0 Å². The maximum Gasteiger partial charge on any atom is 0.322 e. The summed E-state index contributed by atoms with van der Waals surface area (Å²) in [4.78, 5) is 47.4. The molecular formula is C26H23N3O6. The van der Waals surface area contributed by atoms with Crippen LogP contribution in [0.4, 0.5) is 0 Å². The molecule has 0 aliphatic carbocycles. The number of nitrogens with zero attached hydrogens (tertiary/aromatic N) is 2. The van der Waals surface area contributed by atoms with Gasteiger partial charge in [-0.15, -0.1) is 4.73 Å². The summed E-state index contributed by atoms with van der Waals surface area (Å²) in [6.07, 6.45) is 1.60. The van der Waals surface area contributed by atoms with Crippen molar-refractivity contribution in [3.05, 3.63) is 93.9 Å². The molecular weight excluding hydrogens is 450 g/mol. The molecule has 0 radical (unpaired) electrons. The number of carbonyl (C=O) groups is 2. The van der Waals surface area contributed by atoms with Crippen molar-refractivity contribution in [3.8, 4) is 17.0 Å². The summed E-state index contributed by atoms with van der Waals surface area (Å²) < 4.78 is 6.24. The highest BCUT2D eigenvalue weighted by molar-refractivity contribution is 6.01. The predicted octanol–water partition coefficient (Wildman–Crippen LogP) is 2.82. The Hall–Kier alpha value is -4.66. The average molecular weight is 473 g/mol. The largest absolute Gasteiger partial charge is 0.495 e. The van der Waals surface area contributed by atoms with Gasteiger partial charge in [-0.1, -0.05) is 36.4 Å². The lowest BCUT2D eigenvalue weighted by atomic mass is 10.0. The SMILES string of the molecule is COc1ccc(-c2ccc3c(c2)c(C)c(C(=O)NCC(=O)O)c(=O)n3OCc2ccccc2)nc1. The summed E-state index contributed by atoms with van der Waals surface area (Å²) in [6, 6.07) is 18.2. The maximum atomic E-state index is 13.3. The summed E-state index contributed by atoms with van der Waals surface area (Å²) in [5, 5.41) is 11.8. The van der Waals surface area contributed by atoms with E-state index in [4.69, 9.17) is 14.7 Å². The van der Waals surface area contributed by atoms with Crippen LogP contribution in [0, 0.1) is 6.92 Å². The number of ether oxygens (including phenoxy) is 1. The third-order valence-electron chi connectivity index (χ3n) is 5.49. The van der Waals surface area contributed by atoms with Crippen molar-refractivity contribution in [1.29, 1.82) is 0 Å².